The Hall–Kier alpha value is -4.86. The van der Waals surface area contributed by atoms with Crippen molar-refractivity contribution >= 4 is 0 Å². The van der Waals surface area contributed by atoms with E-state index >= 15 is 0 Å². The van der Waals surface area contributed by atoms with Crippen LogP contribution in [0.4, 0.5) is 0 Å². The van der Waals surface area contributed by atoms with E-state index in [-0.39, 0.29) is 10.8 Å². The van der Waals surface area contributed by atoms with Crippen LogP contribution in [0, 0.1) is 0 Å². The van der Waals surface area contributed by atoms with E-state index in [0.29, 0.717) is 37.6 Å². The molecule has 1 aliphatic rings. The van der Waals surface area contributed by atoms with Crippen molar-refractivity contribution in [1.29, 1.82) is 0 Å². The highest BCUT2D eigenvalue weighted by Gasteiger charge is 2.19. The van der Waals surface area contributed by atoms with Crippen LogP contribution in [0.2, 0.25) is 0 Å². The molecule has 0 saturated heterocycles. The lowest BCUT2D eigenvalue weighted by Crippen LogP contribution is -2.32. The predicted molar refractivity (Wildman–Crippen MR) is 172 cm³/mol. The first-order valence-corrected chi connectivity index (χ1v) is 16.0. The number of hydrogen-bond acceptors (Lipinski definition) is 4. The minimum absolute atomic E-state index is 0.00965. The van der Waals surface area contributed by atoms with E-state index in [4.69, 9.17) is 9.97 Å². The molecule has 4 aromatic heterocycles. The summed E-state index contributed by atoms with van der Waals surface area (Å²) in [6, 6.07) is 13.8. The van der Waals surface area contributed by atoms with E-state index in [1.807, 2.05) is 0 Å². The van der Waals surface area contributed by atoms with Gasteiger partial charge in [0, 0.05) is 24.5 Å². The van der Waals surface area contributed by atoms with E-state index < -0.39 is 0 Å². The minimum atomic E-state index is 0.00965. The van der Waals surface area contributed by atoms with E-state index in [1.165, 1.54) is 33.4 Å². The Balaban J connectivity index is 1.27. The van der Waals surface area contributed by atoms with Gasteiger partial charge in [-0.05, 0) is 55.9 Å². The number of benzene rings is 2. The first kappa shape index (κ1) is 29.8. The van der Waals surface area contributed by atoms with Crippen LogP contribution in [0.1, 0.15) is 98.2 Å². The average Bonchev–Trinajstić information content (AvgIpc) is 3.78. The molecule has 0 fully saturated rings. The second-order valence-electron chi connectivity index (χ2n) is 14.7. The molecule has 0 radical (unpaired) electrons. The van der Waals surface area contributed by atoms with Gasteiger partial charge in [0.2, 0.25) is 12.7 Å². The van der Waals surface area contributed by atoms with Crippen molar-refractivity contribution in [3.05, 3.63) is 131 Å². The molecule has 0 N–H and O–H groups in total. The molecule has 6 aromatic rings. The maximum atomic E-state index is 4.91. The normalized spacial score (nSPS) is 14.2. The topological polar surface area (TPSA) is 97.4 Å². The highest BCUT2D eigenvalue weighted by atomic mass is 15.3. The molecule has 7 rings (SSSR count). The van der Waals surface area contributed by atoms with Crippen molar-refractivity contribution in [2.45, 2.75) is 91.4 Å². The molecule has 12 bridgehead atoms. The van der Waals surface area contributed by atoms with Crippen molar-refractivity contribution in [2.24, 2.45) is 0 Å². The summed E-state index contributed by atoms with van der Waals surface area (Å²) in [4.78, 5) is 9.64. The van der Waals surface area contributed by atoms with Gasteiger partial charge in [-0.2, -0.15) is 0 Å². The number of rotatable bonds is 0. The molecular formula is C36H42N10. The van der Waals surface area contributed by atoms with Crippen LogP contribution in [0.15, 0.2) is 73.8 Å². The molecule has 236 valence electrons. The molecule has 0 aliphatic carbocycles. The largest absolute Gasteiger partial charge is 0.366 e. The van der Waals surface area contributed by atoms with Gasteiger partial charge in [0.25, 0.3) is 0 Å². The van der Waals surface area contributed by atoms with Gasteiger partial charge in [-0.25, -0.2) is 18.3 Å². The third kappa shape index (κ3) is 6.85. The Kier molecular flexibility index (Phi) is 7.45. The van der Waals surface area contributed by atoms with Crippen LogP contribution in [-0.2, 0) is 49.9 Å². The Morgan fingerprint density at radius 1 is 0.543 bits per heavy atom. The quantitative estimate of drug-likeness (QED) is 0.242. The van der Waals surface area contributed by atoms with Crippen molar-refractivity contribution in [2.75, 3.05) is 0 Å². The third-order valence-corrected chi connectivity index (χ3v) is 8.51. The van der Waals surface area contributed by atoms with Crippen LogP contribution >= 0.6 is 0 Å². The lowest BCUT2D eigenvalue weighted by molar-refractivity contribution is -0.688. The fourth-order valence-corrected chi connectivity index (χ4v) is 6.04. The van der Waals surface area contributed by atoms with Crippen LogP contribution in [0.5, 0.6) is 0 Å². The summed E-state index contributed by atoms with van der Waals surface area (Å²) >= 11 is 0. The van der Waals surface area contributed by atoms with Crippen molar-refractivity contribution in [3.63, 3.8) is 0 Å². The van der Waals surface area contributed by atoms with Gasteiger partial charge in [-0.3, -0.25) is 0 Å². The van der Waals surface area contributed by atoms with Gasteiger partial charge in [-0.15, -0.1) is 0 Å². The molecule has 1 aliphatic heterocycles. The van der Waals surface area contributed by atoms with E-state index in [0.717, 1.165) is 24.7 Å². The third-order valence-electron chi connectivity index (χ3n) is 8.51. The Morgan fingerprint density at radius 3 is 1.37 bits per heavy atom. The van der Waals surface area contributed by atoms with Crippen LogP contribution < -0.4 is 19.1 Å². The summed E-state index contributed by atoms with van der Waals surface area (Å²) in [5.74, 6) is 2.93. The fourth-order valence-electron chi connectivity index (χ4n) is 6.04. The van der Waals surface area contributed by atoms with Crippen molar-refractivity contribution in [1.82, 2.24) is 39.5 Å². The van der Waals surface area contributed by atoms with Crippen LogP contribution in [0.3, 0.4) is 0 Å². The summed E-state index contributed by atoms with van der Waals surface area (Å²) in [7, 11) is 0. The summed E-state index contributed by atoms with van der Waals surface area (Å²) < 4.78 is 8.59. The first-order valence-electron chi connectivity index (χ1n) is 16.0. The Bertz CT molecular complexity index is 1850. The number of fused-ring (bicyclic) bond motifs is 12. The molecule has 46 heavy (non-hydrogen) atoms. The van der Waals surface area contributed by atoms with Gasteiger partial charge in [-0.1, -0.05) is 77.9 Å². The summed E-state index contributed by atoms with van der Waals surface area (Å²) in [5.41, 5.74) is 7.48. The number of hydrogen-bond donors (Lipinski definition) is 0. The minimum Gasteiger partial charge on any atom is -0.366 e. The summed E-state index contributed by atoms with van der Waals surface area (Å²) in [6.45, 7) is 16.2. The average molecular weight is 615 g/mol. The fraction of sp³-hybridized carbons (Fsp3) is 0.389. The van der Waals surface area contributed by atoms with Crippen LogP contribution in [-0.4, -0.2) is 29.5 Å². The summed E-state index contributed by atoms with van der Waals surface area (Å²) in [6.07, 6.45) is 13.8. The summed E-state index contributed by atoms with van der Waals surface area (Å²) in [5, 5.41) is 17.8. The lowest BCUT2D eigenvalue weighted by atomic mass is 9.84. The van der Waals surface area contributed by atoms with E-state index in [2.05, 4.69) is 154 Å². The van der Waals surface area contributed by atoms with Gasteiger partial charge < -0.3 is 30.4 Å². The molecular weight excluding hydrogens is 572 g/mol. The van der Waals surface area contributed by atoms with Crippen molar-refractivity contribution in [3.8, 4) is 0 Å². The second-order valence-corrected chi connectivity index (χ2v) is 14.7. The standard InChI is InChI=1S/C36H42N10/c1-35(2,3)29-13-25-11-27(15-29)19-43-7-9-45(23-43)21-33-38-34(42-41-33)22-46-10-8-44(24-46)20-28-12-26(14-30(16-28)36(4,5)6)18-32-37-31(17-25)39-40-32/h7-16,23-24H,17-22H2,1-6H3. The van der Waals surface area contributed by atoms with Gasteiger partial charge in [0.1, 0.15) is 51.0 Å². The number of nitrogens with zero attached hydrogens (tertiary/aromatic N) is 10. The van der Waals surface area contributed by atoms with Gasteiger partial charge in [0.05, 0.1) is 0 Å². The molecule has 10 nitrogen and oxygen atoms in total. The number of imidazole rings is 2. The molecule has 10 heteroatoms. The Labute approximate surface area is 270 Å². The second kappa shape index (κ2) is 11.5. The zero-order chi connectivity index (χ0) is 32.1. The maximum Gasteiger partial charge on any atom is 0.244 e. The lowest BCUT2D eigenvalue weighted by Gasteiger charge is -2.21. The van der Waals surface area contributed by atoms with E-state index in [9.17, 15) is 0 Å². The monoisotopic (exact) mass is 614 g/mol. The number of aromatic nitrogens is 10. The van der Waals surface area contributed by atoms with Gasteiger partial charge in [0.15, 0.2) is 0 Å². The SMILES string of the molecule is CC(C)(C)c1cc2cc(c1)C[n+]1ccn(c1)Cc1nnc([n-]1)Cn1cc[n+](c1)Cc1cc(cc(C(C)(C)C)c1)Cc1nnc([n-]1)C2. The molecule has 0 saturated carbocycles. The molecule has 0 spiro atoms. The molecule has 5 heterocycles. The molecule has 0 unspecified atom stereocenters. The highest BCUT2D eigenvalue weighted by Crippen LogP contribution is 2.27. The Morgan fingerprint density at radius 2 is 0.935 bits per heavy atom. The molecule has 0 atom stereocenters. The molecule has 0 amide bonds. The molecule has 2 aromatic carbocycles. The maximum absolute atomic E-state index is 4.91. The smallest absolute Gasteiger partial charge is 0.244 e. The van der Waals surface area contributed by atoms with Crippen molar-refractivity contribution < 1.29 is 9.13 Å². The highest BCUT2D eigenvalue weighted by molar-refractivity contribution is 5.36. The first-order chi connectivity index (χ1) is 21.9. The van der Waals surface area contributed by atoms with E-state index in [1.54, 1.807) is 0 Å². The van der Waals surface area contributed by atoms with Gasteiger partial charge >= 0.3 is 0 Å². The van der Waals surface area contributed by atoms with Crippen LogP contribution in [0.25, 0.3) is 0 Å². The zero-order valence-corrected chi connectivity index (χ0v) is 27.6. The predicted octanol–water partition coefficient (Wildman–Crippen LogP) is 3.64. The zero-order valence-electron chi connectivity index (χ0n) is 27.6.